The van der Waals surface area contributed by atoms with Crippen molar-refractivity contribution in [1.29, 1.82) is 0 Å². The van der Waals surface area contributed by atoms with Crippen molar-refractivity contribution in [3.05, 3.63) is 0 Å². The van der Waals surface area contributed by atoms with Gasteiger partial charge in [-0.25, -0.2) is 0 Å². The Bertz CT molecular complexity index is 301. The Morgan fingerprint density at radius 3 is 1.33 bits per heavy atom. The van der Waals surface area contributed by atoms with Gasteiger partial charge in [0, 0.05) is 32.6 Å². The Labute approximate surface area is 168 Å². The summed E-state index contributed by atoms with van der Waals surface area (Å²) in [6.45, 7) is 4.84. The highest BCUT2D eigenvalue weighted by Crippen LogP contribution is 2.13. The minimum absolute atomic E-state index is 0.338. The summed E-state index contributed by atoms with van der Waals surface area (Å²) in [6.07, 6.45) is 19.8. The lowest BCUT2D eigenvalue weighted by molar-refractivity contribution is -0.137. The number of nitrogens with two attached hydrogens (primary N) is 1. The molecule has 0 aliphatic rings. The molecule has 5 nitrogen and oxygen atoms in total. The Hall–Kier alpha value is -0.650. The highest BCUT2D eigenvalue weighted by molar-refractivity contribution is 5.66. The standard InChI is InChI=1S/C22H47N3O2/c23-17-19-25-21-20-24-18-15-13-11-9-7-5-3-1-2-4-6-8-10-12-14-16-22(26)27/h24-25H,1-21,23H2,(H,26,27). The van der Waals surface area contributed by atoms with Gasteiger partial charge in [-0.2, -0.15) is 0 Å². The molecule has 0 aromatic heterocycles. The molecule has 0 aliphatic heterocycles. The predicted molar refractivity (Wildman–Crippen MR) is 116 cm³/mol. The quantitative estimate of drug-likeness (QED) is 0.195. The SMILES string of the molecule is NCCNCCNCCCCCCCCCCCCCCCCCC(=O)O. The largest absolute Gasteiger partial charge is 0.481 e. The Morgan fingerprint density at radius 1 is 0.556 bits per heavy atom. The number of unbranched alkanes of at least 4 members (excludes halogenated alkanes) is 14. The molecule has 0 rings (SSSR count). The summed E-state index contributed by atoms with van der Waals surface area (Å²) < 4.78 is 0. The average molecular weight is 386 g/mol. The second-order valence-electron chi connectivity index (χ2n) is 7.74. The zero-order valence-electron chi connectivity index (χ0n) is 17.8. The number of carboxylic acids is 1. The third-order valence-electron chi connectivity index (χ3n) is 5.04. The minimum Gasteiger partial charge on any atom is -0.481 e. The van der Waals surface area contributed by atoms with Crippen LogP contribution in [0, 0.1) is 0 Å². The van der Waals surface area contributed by atoms with E-state index in [4.69, 9.17) is 10.8 Å². The van der Waals surface area contributed by atoms with E-state index >= 15 is 0 Å². The van der Waals surface area contributed by atoms with Crippen LogP contribution in [0.2, 0.25) is 0 Å². The Kier molecular flexibility index (Phi) is 22.8. The van der Waals surface area contributed by atoms with Crippen LogP contribution in [0.4, 0.5) is 0 Å². The van der Waals surface area contributed by atoms with Crippen LogP contribution in [0.15, 0.2) is 0 Å². The van der Waals surface area contributed by atoms with Crippen LogP contribution in [-0.4, -0.2) is 43.8 Å². The second-order valence-corrected chi connectivity index (χ2v) is 7.74. The molecule has 0 fully saturated rings. The summed E-state index contributed by atoms with van der Waals surface area (Å²) in [5.74, 6) is -0.658. The van der Waals surface area contributed by atoms with Crippen LogP contribution < -0.4 is 16.4 Å². The lowest BCUT2D eigenvalue weighted by Gasteiger charge is -2.06. The summed E-state index contributed by atoms with van der Waals surface area (Å²) >= 11 is 0. The second kappa shape index (κ2) is 23.4. The number of carboxylic acid groups (broad SMARTS) is 1. The van der Waals surface area contributed by atoms with Gasteiger partial charge in [0.25, 0.3) is 0 Å². The summed E-state index contributed by atoms with van der Waals surface area (Å²) in [6, 6.07) is 0. The number of rotatable bonds is 23. The molecule has 0 bridgehead atoms. The topological polar surface area (TPSA) is 87.4 Å². The molecule has 162 valence electrons. The van der Waals surface area contributed by atoms with Crippen LogP contribution in [0.5, 0.6) is 0 Å². The molecule has 0 radical (unpaired) electrons. The first kappa shape index (κ1) is 26.4. The van der Waals surface area contributed by atoms with Gasteiger partial charge in [-0.05, 0) is 19.4 Å². The first-order valence-corrected chi connectivity index (χ1v) is 11.6. The maximum Gasteiger partial charge on any atom is 0.303 e. The number of nitrogens with one attached hydrogen (secondary N) is 2. The van der Waals surface area contributed by atoms with Crippen LogP contribution in [0.3, 0.4) is 0 Å². The van der Waals surface area contributed by atoms with Crippen molar-refractivity contribution < 1.29 is 9.90 Å². The molecule has 27 heavy (non-hydrogen) atoms. The molecule has 0 aromatic carbocycles. The molecule has 0 spiro atoms. The fourth-order valence-electron chi connectivity index (χ4n) is 3.35. The molecule has 0 unspecified atom stereocenters. The third kappa shape index (κ3) is 25.3. The number of hydrogen-bond acceptors (Lipinski definition) is 4. The van der Waals surface area contributed by atoms with Crippen molar-refractivity contribution in [3.63, 3.8) is 0 Å². The summed E-state index contributed by atoms with van der Waals surface area (Å²) in [5.41, 5.74) is 5.42. The highest BCUT2D eigenvalue weighted by Gasteiger charge is 1.97. The highest BCUT2D eigenvalue weighted by atomic mass is 16.4. The van der Waals surface area contributed by atoms with E-state index in [9.17, 15) is 4.79 Å². The van der Waals surface area contributed by atoms with E-state index in [-0.39, 0.29) is 0 Å². The summed E-state index contributed by atoms with van der Waals surface area (Å²) in [5, 5.41) is 15.3. The average Bonchev–Trinajstić information content (AvgIpc) is 2.65. The minimum atomic E-state index is -0.658. The summed E-state index contributed by atoms with van der Waals surface area (Å²) in [7, 11) is 0. The van der Waals surface area contributed by atoms with Crippen molar-refractivity contribution in [1.82, 2.24) is 10.6 Å². The molecule has 0 aromatic rings. The van der Waals surface area contributed by atoms with Crippen molar-refractivity contribution in [3.8, 4) is 0 Å². The molecule has 0 atom stereocenters. The van der Waals surface area contributed by atoms with Gasteiger partial charge in [0.2, 0.25) is 0 Å². The van der Waals surface area contributed by atoms with Crippen molar-refractivity contribution in [2.75, 3.05) is 32.7 Å². The number of aliphatic carboxylic acids is 1. The van der Waals surface area contributed by atoms with E-state index in [1.807, 2.05) is 0 Å². The van der Waals surface area contributed by atoms with Crippen LogP contribution in [0.1, 0.15) is 103 Å². The fourth-order valence-corrected chi connectivity index (χ4v) is 3.35. The van der Waals surface area contributed by atoms with Crippen molar-refractivity contribution in [2.45, 2.75) is 103 Å². The normalized spacial score (nSPS) is 11.1. The van der Waals surface area contributed by atoms with Gasteiger partial charge in [-0.3, -0.25) is 4.79 Å². The number of carbonyl (C=O) groups is 1. The Balaban J connectivity index is 2.98. The van der Waals surface area contributed by atoms with E-state index in [2.05, 4.69) is 10.6 Å². The van der Waals surface area contributed by atoms with Gasteiger partial charge in [0.05, 0.1) is 0 Å². The molecule has 5 heteroatoms. The molecule has 5 N–H and O–H groups in total. The van der Waals surface area contributed by atoms with Crippen molar-refractivity contribution >= 4 is 5.97 Å². The van der Waals surface area contributed by atoms with Gasteiger partial charge in [-0.15, -0.1) is 0 Å². The molecular formula is C22H47N3O2. The van der Waals surface area contributed by atoms with Crippen LogP contribution in [-0.2, 0) is 4.79 Å². The predicted octanol–water partition coefficient (Wildman–Crippen LogP) is 4.45. The van der Waals surface area contributed by atoms with Crippen molar-refractivity contribution in [2.24, 2.45) is 5.73 Å². The zero-order valence-corrected chi connectivity index (χ0v) is 17.8. The van der Waals surface area contributed by atoms with Gasteiger partial charge in [-0.1, -0.05) is 83.5 Å². The fraction of sp³-hybridized carbons (Fsp3) is 0.955. The number of hydrogen-bond donors (Lipinski definition) is 4. The van der Waals surface area contributed by atoms with Crippen LogP contribution in [0.25, 0.3) is 0 Å². The van der Waals surface area contributed by atoms with E-state index in [1.54, 1.807) is 0 Å². The van der Waals surface area contributed by atoms with Gasteiger partial charge in [0.1, 0.15) is 0 Å². The van der Waals surface area contributed by atoms with Crippen LogP contribution >= 0.6 is 0 Å². The Morgan fingerprint density at radius 2 is 0.926 bits per heavy atom. The molecule has 0 saturated heterocycles. The van der Waals surface area contributed by atoms with Gasteiger partial charge < -0.3 is 21.5 Å². The van der Waals surface area contributed by atoms with Gasteiger partial charge >= 0.3 is 5.97 Å². The zero-order chi connectivity index (χ0) is 19.8. The lowest BCUT2D eigenvalue weighted by atomic mass is 10.0. The maximum atomic E-state index is 10.4. The van der Waals surface area contributed by atoms with E-state index in [0.717, 1.165) is 45.6 Å². The monoisotopic (exact) mass is 385 g/mol. The molecule has 0 aliphatic carbocycles. The molecule has 0 saturated carbocycles. The maximum absolute atomic E-state index is 10.4. The van der Waals surface area contributed by atoms with E-state index in [0.29, 0.717) is 6.42 Å². The molecular weight excluding hydrogens is 338 g/mol. The van der Waals surface area contributed by atoms with E-state index in [1.165, 1.54) is 83.5 Å². The lowest BCUT2D eigenvalue weighted by Crippen LogP contribution is -2.31. The van der Waals surface area contributed by atoms with Gasteiger partial charge in [0.15, 0.2) is 0 Å². The first-order valence-electron chi connectivity index (χ1n) is 11.6. The van der Waals surface area contributed by atoms with E-state index < -0.39 is 5.97 Å². The smallest absolute Gasteiger partial charge is 0.303 e. The third-order valence-corrected chi connectivity index (χ3v) is 5.04. The summed E-state index contributed by atoms with van der Waals surface area (Å²) in [4.78, 5) is 10.4. The molecule has 0 amide bonds. The first-order chi connectivity index (χ1) is 13.3. The molecule has 0 heterocycles.